The molecular weight excluding hydrogens is 184 g/mol. The maximum atomic E-state index is 6.11. The fourth-order valence-electron chi connectivity index (χ4n) is 1.27. The van der Waals surface area contributed by atoms with Crippen molar-refractivity contribution in [3.8, 4) is 0 Å². The molecule has 1 aliphatic rings. The summed E-state index contributed by atoms with van der Waals surface area (Å²) in [6.45, 7) is 9.31. The molecule has 15 heavy (non-hydrogen) atoms. The van der Waals surface area contributed by atoms with Gasteiger partial charge in [-0.05, 0) is 38.0 Å². The van der Waals surface area contributed by atoms with E-state index in [0.717, 1.165) is 24.3 Å². The lowest BCUT2D eigenvalue weighted by molar-refractivity contribution is 0.909. The molecule has 0 radical (unpaired) electrons. The van der Waals surface area contributed by atoms with Crippen molar-refractivity contribution in [3.63, 3.8) is 0 Å². The Morgan fingerprint density at radius 1 is 1.40 bits per heavy atom. The summed E-state index contributed by atoms with van der Waals surface area (Å²) in [5.74, 6) is 0. The van der Waals surface area contributed by atoms with Crippen molar-refractivity contribution in [2.75, 3.05) is 0 Å². The zero-order valence-corrected chi connectivity index (χ0v) is 9.24. The van der Waals surface area contributed by atoms with Crippen molar-refractivity contribution in [3.05, 3.63) is 49.2 Å². The van der Waals surface area contributed by atoms with E-state index in [-0.39, 0.29) is 5.54 Å². The van der Waals surface area contributed by atoms with Crippen LogP contribution in [0.1, 0.15) is 19.8 Å². The summed E-state index contributed by atoms with van der Waals surface area (Å²) in [4.78, 5) is 4.48. The van der Waals surface area contributed by atoms with Gasteiger partial charge in [0.15, 0.2) is 0 Å². The van der Waals surface area contributed by atoms with Crippen LogP contribution in [0.15, 0.2) is 54.2 Å². The molecule has 0 atom stereocenters. The zero-order chi connectivity index (χ0) is 11.3. The van der Waals surface area contributed by atoms with E-state index in [2.05, 4.69) is 18.2 Å². The number of allylic oxidation sites excluding steroid dienone is 4. The Hall–Kier alpha value is -1.41. The molecule has 1 saturated carbocycles. The van der Waals surface area contributed by atoms with Gasteiger partial charge in [0, 0.05) is 0 Å². The Morgan fingerprint density at radius 3 is 2.47 bits per heavy atom. The second-order valence-electron chi connectivity index (χ2n) is 3.68. The molecule has 1 rings (SSSR count). The molecule has 0 aliphatic heterocycles. The Labute approximate surface area is 91.6 Å². The molecule has 1 aliphatic carbocycles. The van der Waals surface area contributed by atoms with Gasteiger partial charge in [0.2, 0.25) is 0 Å². The summed E-state index contributed by atoms with van der Waals surface area (Å²) in [5.41, 5.74) is 7.62. The monoisotopic (exact) mass is 202 g/mol. The summed E-state index contributed by atoms with van der Waals surface area (Å²) in [5, 5.41) is 0. The van der Waals surface area contributed by atoms with Crippen LogP contribution >= 0.6 is 0 Å². The van der Waals surface area contributed by atoms with E-state index in [1.54, 1.807) is 12.2 Å². The molecule has 0 unspecified atom stereocenters. The largest absolute Gasteiger partial charge is 0.320 e. The van der Waals surface area contributed by atoms with Gasteiger partial charge in [-0.25, -0.2) is 0 Å². The third-order valence-corrected chi connectivity index (χ3v) is 2.37. The van der Waals surface area contributed by atoms with Crippen LogP contribution in [0.3, 0.4) is 0 Å². The summed E-state index contributed by atoms with van der Waals surface area (Å²) in [6, 6.07) is 0. The van der Waals surface area contributed by atoms with Crippen molar-refractivity contribution in [1.29, 1.82) is 0 Å². The Balaban J connectivity index is 2.97. The van der Waals surface area contributed by atoms with E-state index in [1.807, 2.05) is 25.2 Å². The second kappa shape index (κ2) is 4.89. The minimum absolute atomic E-state index is 0.213. The Bertz CT molecular complexity index is 342. The fourth-order valence-corrected chi connectivity index (χ4v) is 1.27. The highest BCUT2D eigenvalue weighted by Crippen LogP contribution is 2.34. The number of hydrogen-bond acceptors (Lipinski definition) is 2. The van der Waals surface area contributed by atoms with Gasteiger partial charge in [0.1, 0.15) is 0 Å². The van der Waals surface area contributed by atoms with Crippen molar-refractivity contribution in [2.24, 2.45) is 10.7 Å². The minimum atomic E-state index is -0.213. The van der Waals surface area contributed by atoms with E-state index < -0.39 is 0 Å². The van der Waals surface area contributed by atoms with Crippen LogP contribution < -0.4 is 5.73 Å². The Kier molecular flexibility index (Phi) is 3.81. The van der Waals surface area contributed by atoms with Gasteiger partial charge in [-0.2, -0.15) is 0 Å². The molecule has 0 saturated heterocycles. The maximum absolute atomic E-state index is 6.11. The van der Waals surface area contributed by atoms with E-state index in [4.69, 9.17) is 5.73 Å². The lowest BCUT2D eigenvalue weighted by atomic mass is 10.1. The first-order chi connectivity index (χ1) is 7.16. The van der Waals surface area contributed by atoms with Crippen LogP contribution in [0.4, 0.5) is 0 Å². The van der Waals surface area contributed by atoms with Gasteiger partial charge >= 0.3 is 0 Å². The second-order valence-corrected chi connectivity index (χ2v) is 3.68. The molecule has 0 aromatic carbocycles. The van der Waals surface area contributed by atoms with E-state index in [1.165, 1.54) is 0 Å². The number of nitrogens with zero attached hydrogens (tertiary/aromatic N) is 1. The summed E-state index contributed by atoms with van der Waals surface area (Å²) < 4.78 is 0. The molecule has 2 N–H and O–H groups in total. The lowest BCUT2D eigenvalue weighted by Gasteiger charge is -2.09. The average molecular weight is 202 g/mol. The molecule has 2 heteroatoms. The van der Waals surface area contributed by atoms with E-state index in [0.29, 0.717) is 0 Å². The van der Waals surface area contributed by atoms with Crippen molar-refractivity contribution < 1.29 is 0 Å². The first-order valence-corrected chi connectivity index (χ1v) is 5.12. The molecule has 2 nitrogen and oxygen atoms in total. The molecule has 1 fully saturated rings. The number of rotatable bonds is 5. The van der Waals surface area contributed by atoms with Gasteiger partial charge < -0.3 is 5.73 Å². The smallest absolute Gasteiger partial charge is 0.0627 e. The maximum Gasteiger partial charge on any atom is 0.0627 e. The molecule has 0 heterocycles. The highest BCUT2D eigenvalue weighted by Gasteiger charge is 2.42. The van der Waals surface area contributed by atoms with Crippen LogP contribution in [0.25, 0.3) is 0 Å². The van der Waals surface area contributed by atoms with Crippen molar-refractivity contribution >= 4 is 5.71 Å². The van der Waals surface area contributed by atoms with Gasteiger partial charge in [-0.15, -0.1) is 0 Å². The van der Waals surface area contributed by atoms with Gasteiger partial charge in [-0.1, -0.05) is 25.3 Å². The minimum Gasteiger partial charge on any atom is -0.320 e. The predicted octanol–water partition coefficient (Wildman–Crippen LogP) is 2.75. The molecule has 80 valence electrons. The average Bonchev–Trinajstić information content (AvgIpc) is 2.96. The molecule has 0 aromatic rings. The normalized spacial score (nSPS) is 20.4. The van der Waals surface area contributed by atoms with Crippen LogP contribution in [-0.4, -0.2) is 11.3 Å². The molecule has 0 aromatic heterocycles. The lowest BCUT2D eigenvalue weighted by Crippen LogP contribution is -2.31. The van der Waals surface area contributed by atoms with Crippen molar-refractivity contribution in [1.82, 2.24) is 0 Å². The highest BCUT2D eigenvalue weighted by atomic mass is 14.9. The molecule has 0 amide bonds. The third-order valence-electron chi connectivity index (χ3n) is 2.37. The summed E-state index contributed by atoms with van der Waals surface area (Å²) in [7, 11) is 0. The standard InChI is InChI=1S/C13H18N2/c1-4-7-11(6-3)15-12(8-5-2)13(14)9-10-13/h4-8H,1,3,9-10,14H2,2H3/b8-5-,11-7+,15-12+. The zero-order valence-electron chi connectivity index (χ0n) is 9.24. The van der Waals surface area contributed by atoms with Gasteiger partial charge in [0.05, 0.1) is 16.9 Å². The molecular formula is C13H18N2. The van der Waals surface area contributed by atoms with Crippen molar-refractivity contribution in [2.45, 2.75) is 25.3 Å². The van der Waals surface area contributed by atoms with Crippen LogP contribution in [0, 0.1) is 0 Å². The van der Waals surface area contributed by atoms with Crippen LogP contribution in [0.2, 0.25) is 0 Å². The summed E-state index contributed by atoms with van der Waals surface area (Å²) >= 11 is 0. The predicted molar refractivity (Wildman–Crippen MR) is 66.9 cm³/mol. The van der Waals surface area contributed by atoms with Gasteiger partial charge in [0.25, 0.3) is 0 Å². The van der Waals surface area contributed by atoms with E-state index >= 15 is 0 Å². The molecule has 0 bridgehead atoms. The molecule has 0 spiro atoms. The summed E-state index contributed by atoms with van der Waals surface area (Å²) in [6.07, 6.45) is 11.2. The quantitative estimate of drug-likeness (QED) is 0.540. The number of aliphatic imine (C=N–C) groups is 1. The van der Waals surface area contributed by atoms with Crippen LogP contribution in [-0.2, 0) is 0 Å². The first kappa shape index (κ1) is 11.7. The SMILES string of the molecule is C=C/C=C(C=C)/N=C(\C=C/C)C1(N)CC1. The third kappa shape index (κ3) is 3.03. The Morgan fingerprint density at radius 2 is 2.07 bits per heavy atom. The van der Waals surface area contributed by atoms with Gasteiger partial charge in [-0.3, -0.25) is 4.99 Å². The topological polar surface area (TPSA) is 38.4 Å². The number of hydrogen-bond donors (Lipinski definition) is 1. The fraction of sp³-hybridized carbons (Fsp3) is 0.308. The van der Waals surface area contributed by atoms with E-state index in [9.17, 15) is 0 Å². The van der Waals surface area contributed by atoms with Crippen LogP contribution in [0.5, 0.6) is 0 Å². The highest BCUT2D eigenvalue weighted by molar-refractivity contribution is 6.05. The number of nitrogens with two attached hydrogens (primary N) is 1. The first-order valence-electron chi connectivity index (χ1n) is 5.12.